The first-order valence-corrected chi connectivity index (χ1v) is 6.13. The summed E-state index contributed by atoms with van der Waals surface area (Å²) in [5.41, 5.74) is 0.613. The van der Waals surface area contributed by atoms with Crippen molar-refractivity contribution in [2.75, 3.05) is 7.11 Å². The average Bonchev–Trinajstić information content (AvgIpc) is 2.83. The van der Waals surface area contributed by atoms with E-state index in [9.17, 15) is 0 Å². The number of hydrogen-bond acceptors (Lipinski definition) is 0. The van der Waals surface area contributed by atoms with Crippen LogP contribution in [0.4, 0.5) is 0 Å². The van der Waals surface area contributed by atoms with E-state index in [2.05, 4.69) is 32.4 Å². The number of aliphatic hydroxyl groups is 2. The Morgan fingerprint density at radius 1 is 1.29 bits per heavy atom. The highest BCUT2D eigenvalue weighted by atomic mass is 16.5. The minimum atomic E-state index is 0.613. The second-order valence-electron chi connectivity index (χ2n) is 5.94. The van der Waals surface area contributed by atoms with Crippen LogP contribution in [0.15, 0.2) is 0 Å². The zero-order chi connectivity index (χ0) is 10.5. The first kappa shape index (κ1) is 10.5. The van der Waals surface area contributed by atoms with Gasteiger partial charge in [-0.2, -0.15) is 0 Å². The zero-order valence-corrected chi connectivity index (χ0v) is 10.2. The predicted octanol–water partition coefficient (Wildman–Crippen LogP) is 2.85. The van der Waals surface area contributed by atoms with Gasteiger partial charge in [0, 0.05) is 11.8 Å². The van der Waals surface area contributed by atoms with Crippen molar-refractivity contribution in [2.24, 2.45) is 29.1 Å². The van der Waals surface area contributed by atoms with Crippen molar-refractivity contribution in [1.29, 1.82) is 0 Å². The summed E-state index contributed by atoms with van der Waals surface area (Å²) in [7, 11) is 2.02. The molecule has 0 saturated heterocycles. The molecule has 0 radical (unpaired) electrons. The Morgan fingerprint density at radius 2 is 1.93 bits per heavy atom. The van der Waals surface area contributed by atoms with Gasteiger partial charge in [-0.25, -0.2) is 0 Å². The van der Waals surface area contributed by atoms with Gasteiger partial charge in [0.05, 0.1) is 0 Å². The van der Waals surface area contributed by atoms with E-state index in [0.29, 0.717) is 11.5 Å². The molecule has 0 aromatic carbocycles. The van der Waals surface area contributed by atoms with Gasteiger partial charge in [0.2, 0.25) is 0 Å². The summed E-state index contributed by atoms with van der Waals surface area (Å²) in [6, 6.07) is 0. The van der Waals surface area contributed by atoms with E-state index in [1.807, 2.05) is 7.11 Å². The standard InChI is InChI=1S/C13H24O/c1-8(2)10(4)13-7-11(13)9(3)6-12(13)14-5/h8-12H,6-7H2,1-5H3/p+1/t9?,10?,11?,12?,13-/m1/s1. The second-order valence-corrected chi connectivity index (χ2v) is 5.94. The molecule has 2 saturated carbocycles. The molecule has 1 N–H and O–H groups in total. The van der Waals surface area contributed by atoms with E-state index >= 15 is 0 Å². The van der Waals surface area contributed by atoms with E-state index in [1.165, 1.54) is 12.8 Å². The van der Waals surface area contributed by atoms with Gasteiger partial charge in [-0.05, 0) is 30.1 Å². The van der Waals surface area contributed by atoms with Gasteiger partial charge < -0.3 is 4.74 Å². The van der Waals surface area contributed by atoms with Gasteiger partial charge >= 0.3 is 0 Å². The van der Waals surface area contributed by atoms with Crippen molar-refractivity contribution in [2.45, 2.75) is 46.6 Å². The fraction of sp³-hybridized carbons (Fsp3) is 1.00. The Hall–Kier alpha value is -0.0400. The monoisotopic (exact) mass is 197 g/mol. The molecule has 1 heteroatoms. The molecule has 2 aliphatic carbocycles. The Kier molecular flexibility index (Phi) is 2.42. The van der Waals surface area contributed by atoms with Gasteiger partial charge in [-0.3, -0.25) is 0 Å². The van der Waals surface area contributed by atoms with Gasteiger partial charge in [-0.1, -0.05) is 27.7 Å². The molecule has 1 nitrogen and oxygen atoms in total. The largest absolute Gasteiger partial charge is 0.433 e. The molecule has 5 atom stereocenters. The molecule has 0 aromatic rings. The number of hydrogen-bond donors (Lipinski definition) is 0. The van der Waals surface area contributed by atoms with E-state index in [0.717, 1.165) is 23.7 Å². The third-order valence-electron chi connectivity index (χ3n) is 5.17. The van der Waals surface area contributed by atoms with E-state index in [4.69, 9.17) is 0 Å². The SMILES string of the molecule is C[OH+]C1CC(C)C2C[C@]12C(C)C(C)C. The lowest BCUT2D eigenvalue weighted by Gasteiger charge is -2.28. The van der Waals surface area contributed by atoms with Crippen LogP contribution in [0.1, 0.15) is 40.5 Å². The summed E-state index contributed by atoms with van der Waals surface area (Å²) >= 11 is 0. The van der Waals surface area contributed by atoms with Crippen LogP contribution in [0.5, 0.6) is 0 Å². The maximum Gasteiger partial charge on any atom is 0.161 e. The molecule has 0 amide bonds. The van der Waals surface area contributed by atoms with Crippen LogP contribution in [0.3, 0.4) is 0 Å². The van der Waals surface area contributed by atoms with Crippen LogP contribution in [0, 0.1) is 29.1 Å². The molecule has 0 spiro atoms. The Bertz CT molecular complexity index is 219. The highest BCUT2D eigenvalue weighted by Crippen LogP contribution is 2.70. The topological polar surface area (TPSA) is 12.8 Å². The van der Waals surface area contributed by atoms with Gasteiger partial charge in [0.15, 0.2) is 6.10 Å². The molecule has 0 aliphatic heterocycles. The molecular formula is C13H25O+. The maximum atomic E-state index is 4.64. The molecule has 4 unspecified atom stereocenters. The highest BCUT2D eigenvalue weighted by molar-refractivity contribution is 5.16. The number of fused-ring (bicyclic) bond motifs is 1. The van der Waals surface area contributed by atoms with Crippen molar-refractivity contribution < 1.29 is 4.74 Å². The van der Waals surface area contributed by atoms with Crippen LogP contribution in [-0.2, 0) is 0 Å². The van der Waals surface area contributed by atoms with E-state index in [-0.39, 0.29) is 0 Å². The zero-order valence-electron chi connectivity index (χ0n) is 10.2. The molecule has 0 aromatic heterocycles. The molecule has 82 valence electrons. The lowest BCUT2D eigenvalue weighted by atomic mass is 9.79. The molecule has 2 rings (SSSR count). The van der Waals surface area contributed by atoms with Gasteiger partial charge in [0.25, 0.3) is 0 Å². The average molecular weight is 197 g/mol. The Balaban J connectivity index is 2.17. The molecule has 0 heterocycles. The van der Waals surface area contributed by atoms with Crippen molar-refractivity contribution in [3.63, 3.8) is 0 Å². The summed E-state index contributed by atoms with van der Waals surface area (Å²) in [5.74, 6) is 3.58. The first-order chi connectivity index (χ1) is 6.54. The van der Waals surface area contributed by atoms with E-state index < -0.39 is 0 Å². The quantitative estimate of drug-likeness (QED) is 0.617. The van der Waals surface area contributed by atoms with Crippen LogP contribution in [0.25, 0.3) is 0 Å². The summed E-state index contributed by atoms with van der Waals surface area (Å²) in [6.07, 6.45) is 3.47. The predicted molar refractivity (Wildman–Crippen MR) is 60.3 cm³/mol. The summed E-state index contributed by atoms with van der Waals surface area (Å²) in [6.45, 7) is 9.60. The minimum absolute atomic E-state index is 0.613. The molecule has 14 heavy (non-hydrogen) atoms. The fourth-order valence-corrected chi connectivity index (χ4v) is 3.97. The molecular weight excluding hydrogens is 172 g/mol. The van der Waals surface area contributed by atoms with Crippen molar-refractivity contribution >= 4 is 0 Å². The van der Waals surface area contributed by atoms with Crippen LogP contribution in [0.2, 0.25) is 0 Å². The fourth-order valence-electron chi connectivity index (χ4n) is 3.97. The van der Waals surface area contributed by atoms with Crippen LogP contribution >= 0.6 is 0 Å². The lowest BCUT2D eigenvalue weighted by molar-refractivity contribution is -0.112. The van der Waals surface area contributed by atoms with Crippen LogP contribution in [-0.4, -0.2) is 18.0 Å². The molecule has 2 aliphatic rings. The van der Waals surface area contributed by atoms with E-state index in [1.54, 1.807) is 0 Å². The third-order valence-corrected chi connectivity index (χ3v) is 5.17. The Labute approximate surface area is 88.2 Å². The number of ether oxygens (including phenoxy) is 1. The normalized spacial score (nSPS) is 48.0. The first-order valence-electron chi connectivity index (χ1n) is 6.13. The van der Waals surface area contributed by atoms with Crippen molar-refractivity contribution in [3.05, 3.63) is 0 Å². The smallest absolute Gasteiger partial charge is 0.161 e. The van der Waals surface area contributed by atoms with Crippen LogP contribution < -0.4 is 0 Å². The van der Waals surface area contributed by atoms with Gasteiger partial charge in [0.1, 0.15) is 7.11 Å². The second kappa shape index (κ2) is 3.23. The van der Waals surface area contributed by atoms with Crippen molar-refractivity contribution in [3.8, 4) is 0 Å². The van der Waals surface area contributed by atoms with Gasteiger partial charge in [-0.15, -0.1) is 0 Å². The third kappa shape index (κ3) is 1.18. The summed E-state index contributed by atoms with van der Waals surface area (Å²) in [5, 5.41) is 0. The lowest BCUT2D eigenvalue weighted by Crippen LogP contribution is -2.32. The Morgan fingerprint density at radius 3 is 2.36 bits per heavy atom. The highest BCUT2D eigenvalue weighted by Gasteiger charge is 2.71. The minimum Gasteiger partial charge on any atom is -0.433 e. The van der Waals surface area contributed by atoms with Crippen molar-refractivity contribution in [1.82, 2.24) is 0 Å². The summed E-state index contributed by atoms with van der Waals surface area (Å²) < 4.78 is 4.64. The molecule has 2 fully saturated rings. The summed E-state index contributed by atoms with van der Waals surface area (Å²) in [4.78, 5) is 0. The molecule has 0 bridgehead atoms. The number of rotatable bonds is 3. The maximum absolute atomic E-state index is 4.64.